The Morgan fingerprint density at radius 3 is 2.56 bits per heavy atom. The predicted octanol–water partition coefficient (Wildman–Crippen LogP) is 4.57. The van der Waals surface area contributed by atoms with Gasteiger partial charge in [0, 0.05) is 22.3 Å². The smallest absolute Gasteiger partial charge is 0.340 e. The van der Waals surface area contributed by atoms with E-state index in [0.717, 1.165) is 17.2 Å². The average molecular weight is 501 g/mol. The molecule has 0 bridgehead atoms. The number of aromatic nitrogens is 3. The molecule has 0 unspecified atom stereocenters. The number of halogens is 1. The Labute approximate surface area is 200 Å². The lowest BCUT2D eigenvalue weighted by molar-refractivity contribution is 0.0602. The van der Waals surface area contributed by atoms with Crippen molar-refractivity contribution >= 4 is 67.3 Å². The van der Waals surface area contributed by atoms with Crippen molar-refractivity contribution in [3.63, 3.8) is 0 Å². The highest BCUT2D eigenvalue weighted by atomic mass is 35.5. The fourth-order valence-electron chi connectivity index (χ4n) is 3.43. The van der Waals surface area contributed by atoms with Crippen molar-refractivity contribution in [3.05, 3.63) is 64.9 Å². The van der Waals surface area contributed by atoms with Crippen LogP contribution < -0.4 is 15.4 Å². The van der Waals surface area contributed by atoms with Gasteiger partial charge in [0.05, 0.1) is 36.5 Å². The second-order valence-electron chi connectivity index (χ2n) is 7.44. The zero-order valence-electron chi connectivity index (χ0n) is 18.4. The van der Waals surface area contributed by atoms with E-state index in [9.17, 15) is 13.2 Å². The molecule has 2 aromatic carbocycles. The lowest BCUT2D eigenvalue weighted by atomic mass is 10.1. The number of nitrogens with zero attached hydrogens (tertiary/aromatic N) is 2. The summed E-state index contributed by atoms with van der Waals surface area (Å²) in [4.78, 5) is 23.9. The summed E-state index contributed by atoms with van der Waals surface area (Å²) in [5, 5.41) is 7.14. The Kier molecular flexibility index (Phi) is 6.31. The molecule has 34 heavy (non-hydrogen) atoms. The maximum atomic E-state index is 12.1. The minimum absolute atomic E-state index is 0.248. The van der Waals surface area contributed by atoms with Crippen LogP contribution in [0.25, 0.3) is 10.9 Å². The third-order valence-corrected chi connectivity index (χ3v) is 5.72. The number of H-pyrrole nitrogens is 1. The summed E-state index contributed by atoms with van der Waals surface area (Å²) in [6.07, 6.45) is 2.50. The van der Waals surface area contributed by atoms with E-state index >= 15 is 0 Å². The molecule has 4 N–H and O–H groups in total. The molecule has 0 saturated heterocycles. The Balaban J connectivity index is 1.61. The van der Waals surface area contributed by atoms with Gasteiger partial charge in [-0.25, -0.2) is 18.2 Å². The molecular weight excluding hydrogens is 480 g/mol. The summed E-state index contributed by atoms with van der Waals surface area (Å²) in [5.74, 6) is 0.134. The molecule has 12 heteroatoms. The van der Waals surface area contributed by atoms with Crippen molar-refractivity contribution in [3.8, 4) is 0 Å². The number of nitrogens with one attached hydrogen (secondary N) is 4. The Morgan fingerprint density at radius 2 is 1.85 bits per heavy atom. The minimum Gasteiger partial charge on any atom is -0.465 e. The molecule has 0 spiro atoms. The normalized spacial score (nSPS) is 11.3. The van der Waals surface area contributed by atoms with Gasteiger partial charge in [-0.05, 0) is 37.3 Å². The topological polar surface area (TPSA) is 138 Å². The molecule has 0 radical (unpaired) electrons. The van der Waals surface area contributed by atoms with Crippen molar-refractivity contribution in [2.75, 3.05) is 28.7 Å². The molecule has 10 nitrogen and oxygen atoms in total. The number of methoxy groups -OCH3 is 1. The van der Waals surface area contributed by atoms with Crippen LogP contribution in [0.5, 0.6) is 0 Å². The SMILES string of the molecule is COC(=O)c1c(C)[nH]c2cc(Nc3ncc(Cl)c(Nc4ccccc4NS(C)(=O)=O)n3)ccc12. The van der Waals surface area contributed by atoms with Crippen LogP contribution in [0.15, 0.2) is 48.7 Å². The number of benzene rings is 2. The first-order valence-corrected chi connectivity index (χ1v) is 12.3. The van der Waals surface area contributed by atoms with E-state index < -0.39 is 16.0 Å². The molecule has 0 atom stereocenters. The Hall–Kier alpha value is -3.83. The number of sulfonamides is 1. The maximum Gasteiger partial charge on any atom is 0.340 e. The highest BCUT2D eigenvalue weighted by Gasteiger charge is 2.17. The maximum absolute atomic E-state index is 12.1. The van der Waals surface area contributed by atoms with Gasteiger partial charge in [0.1, 0.15) is 5.02 Å². The molecule has 176 valence electrons. The lowest BCUT2D eigenvalue weighted by Gasteiger charge is -2.14. The third kappa shape index (κ3) is 5.05. The standard InChI is InChI=1S/C22H21ClN6O4S/c1-12-19(21(30)33-2)14-9-8-13(10-18(14)25-12)26-22-24-11-15(23)20(28-22)27-16-6-4-5-7-17(16)29-34(3,31)32/h4-11,25,29H,1-3H3,(H2,24,26,27,28). The summed E-state index contributed by atoms with van der Waals surface area (Å²) in [5.41, 5.74) is 3.43. The summed E-state index contributed by atoms with van der Waals surface area (Å²) in [7, 11) is -2.13. The summed E-state index contributed by atoms with van der Waals surface area (Å²) >= 11 is 6.27. The first-order valence-electron chi connectivity index (χ1n) is 9.98. The highest BCUT2D eigenvalue weighted by Crippen LogP contribution is 2.30. The van der Waals surface area contributed by atoms with Crippen LogP contribution >= 0.6 is 11.6 Å². The fraction of sp³-hybridized carbons (Fsp3) is 0.136. The van der Waals surface area contributed by atoms with Gasteiger partial charge in [-0.1, -0.05) is 23.7 Å². The summed E-state index contributed by atoms with van der Waals surface area (Å²) in [6, 6.07) is 12.2. The number of hydrogen-bond donors (Lipinski definition) is 4. The first kappa shape index (κ1) is 23.3. The molecule has 0 amide bonds. The molecule has 0 aliphatic rings. The van der Waals surface area contributed by atoms with Crippen molar-refractivity contribution in [2.45, 2.75) is 6.92 Å². The average Bonchev–Trinajstić information content (AvgIpc) is 3.10. The first-order chi connectivity index (χ1) is 16.1. The van der Waals surface area contributed by atoms with Crippen LogP contribution in [-0.4, -0.2) is 42.7 Å². The number of carbonyl (C=O) groups excluding carboxylic acids is 1. The number of aryl methyl sites for hydroxylation is 1. The van der Waals surface area contributed by atoms with E-state index in [2.05, 4.69) is 30.3 Å². The lowest BCUT2D eigenvalue weighted by Crippen LogP contribution is -2.11. The number of esters is 1. The minimum atomic E-state index is -3.48. The van der Waals surface area contributed by atoms with Gasteiger partial charge >= 0.3 is 5.97 Å². The van der Waals surface area contributed by atoms with Crippen LogP contribution in [-0.2, 0) is 14.8 Å². The van der Waals surface area contributed by atoms with Gasteiger partial charge in [-0.2, -0.15) is 4.98 Å². The van der Waals surface area contributed by atoms with Crippen LogP contribution in [0.4, 0.5) is 28.8 Å². The second kappa shape index (κ2) is 9.20. The van der Waals surface area contributed by atoms with E-state index in [1.165, 1.54) is 13.3 Å². The van der Waals surface area contributed by atoms with Crippen molar-refractivity contribution in [1.29, 1.82) is 0 Å². The predicted molar refractivity (Wildman–Crippen MR) is 133 cm³/mol. The van der Waals surface area contributed by atoms with Crippen LogP contribution in [0.3, 0.4) is 0 Å². The van der Waals surface area contributed by atoms with Crippen molar-refractivity contribution in [1.82, 2.24) is 15.0 Å². The molecule has 4 rings (SSSR count). The van der Waals surface area contributed by atoms with Gasteiger partial charge in [0.25, 0.3) is 0 Å². The number of ether oxygens (including phenoxy) is 1. The van der Waals surface area contributed by atoms with Gasteiger partial charge in [-0.15, -0.1) is 0 Å². The van der Waals surface area contributed by atoms with E-state index in [0.29, 0.717) is 28.3 Å². The number of carbonyl (C=O) groups is 1. The Bertz CT molecular complexity index is 1500. The number of anilines is 5. The monoisotopic (exact) mass is 500 g/mol. The number of hydrogen-bond acceptors (Lipinski definition) is 8. The van der Waals surface area contributed by atoms with E-state index in [1.54, 1.807) is 43.3 Å². The molecule has 0 aliphatic heterocycles. The van der Waals surface area contributed by atoms with Crippen LogP contribution in [0, 0.1) is 6.92 Å². The zero-order valence-corrected chi connectivity index (χ0v) is 20.0. The number of fused-ring (bicyclic) bond motifs is 1. The summed E-state index contributed by atoms with van der Waals surface area (Å²) < 4.78 is 30.7. The van der Waals surface area contributed by atoms with E-state index in [1.807, 2.05) is 6.07 Å². The Morgan fingerprint density at radius 1 is 1.12 bits per heavy atom. The molecule has 2 aromatic heterocycles. The second-order valence-corrected chi connectivity index (χ2v) is 9.59. The number of para-hydroxylation sites is 2. The molecule has 0 saturated carbocycles. The number of rotatable bonds is 7. The van der Waals surface area contributed by atoms with Gasteiger partial charge in [0.2, 0.25) is 16.0 Å². The van der Waals surface area contributed by atoms with Crippen LogP contribution in [0.2, 0.25) is 5.02 Å². The quantitative estimate of drug-likeness (QED) is 0.271. The zero-order chi connectivity index (χ0) is 24.5. The number of aromatic amines is 1. The molecule has 0 aliphatic carbocycles. The summed E-state index contributed by atoms with van der Waals surface area (Å²) in [6.45, 7) is 1.80. The van der Waals surface area contributed by atoms with E-state index in [4.69, 9.17) is 16.3 Å². The van der Waals surface area contributed by atoms with Gasteiger partial charge < -0.3 is 20.4 Å². The highest BCUT2D eigenvalue weighted by molar-refractivity contribution is 7.92. The van der Waals surface area contributed by atoms with Gasteiger partial charge in [-0.3, -0.25) is 4.72 Å². The van der Waals surface area contributed by atoms with Crippen LogP contribution in [0.1, 0.15) is 16.1 Å². The van der Waals surface area contributed by atoms with Crippen molar-refractivity contribution < 1.29 is 17.9 Å². The van der Waals surface area contributed by atoms with Crippen molar-refractivity contribution in [2.24, 2.45) is 0 Å². The molecular formula is C22H21ClN6O4S. The van der Waals surface area contributed by atoms with E-state index in [-0.39, 0.29) is 16.8 Å². The third-order valence-electron chi connectivity index (χ3n) is 4.85. The molecule has 4 aromatic rings. The molecule has 0 fully saturated rings. The fourth-order valence-corrected chi connectivity index (χ4v) is 4.14. The molecule has 2 heterocycles. The van der Waals surface area contributed by atoms with Gasteiger partial charge in [0.15, 0.2) is 5.82 Å². The largest absolute Gasteiger partial charge is 0.465 e.